The van der Waals surface area contributed by atoms with Gasteiger partial charge in [0.15, 0.2) is 0 Å². The van der Waals surface area contributed by atoms with Crippen LogP contribution in [0.2, 0.25) is 10.0 Å². The topological polar surface area (TPSA) is 40.7 Å². The van der Waals surface area contributed by atoms with Crippen LogP contribution >= 0.6 is 23.2 Å². The fraction of sp³-hybridized carbons (Fsp3) is 0.0952. The van der Waals surface area contributed by atoms with Gasteiger partial charge in [-0.2, -0.15) is 0 Å². The quantitative estimate of drug-likeness (QED) is 0.430. The summed E-state index contributed by atoms with van der Waals surface area (Å²) in [6.45, 7) is 2.08. The number of anilines is 1. The van der Waals surface area contributed by atoms with Gasteiger partial charge >= 0.3 is 0 Å². The molecule has 130 valence electrons. The number of nitrogens with one attached hydrogen (secondary N) is 2. The SMILES string of the molecule is Cc1[nH]c2ccccc2c1[C@@H](Nc1ccccn1)c1ccc(Cl)cc1Cl. The van der Waals surface area contributed by atoms with E-state index < -0.39 is 0 Å². The Kier molecular flexibility index (Phi) is 4.58. The molecule has 4 aromatic rings. The average Bonchev–Trinajstić information content (AvgIpc) is 2.97. The number of nitrogens with zero attached hydrogens (tertiary/aromatic N) is 1. The highest BCUT2D eigenvalue weighted by Gasteiger charge is 2.23. The van der Waals surface area contributed by atoms with Crippen molar-refractivity contribution in [3.05, 3.63) is 93.7 Å². The number of benzene rings is 2. The van der Waals surface area contributed by atoms with E-state index >= 15 is 0 Å². The predicted molar refractivity (Wildman–Crippen MR) is 109 cm³/mol. The molecule has 1 atom stereocenters. The van der Waals surface area contributed by atoms with E-state index in [1.807, 2.05) is 42.5 Å². The van der Waals surface area contributed by atoms with Crippen LogP contribution in [-0.4, -0.2) is 9.97 Å². The van der Waals surface area contributed by atoms with Gasteiger partial charge in [0.2, 0.25) is 0 Å². The van der Waals surface area contributed by atoms with Gasteiger partial charge in [-0.25, -0.2) is 4.98 Å². The van der Waals surface area contributed by atoms with E-state index in [-0.39, 0.29) is 6.04 Å². The summed E-state index contributed by atoms with van der Waals surface area (Å²) in [5.41, 5.74) is 4.29. The average molecular weight is 382 g/mol. The zero-order chi connectivity index (χ0) is 18.1. The van der Waals surface area contributed by atoms with Crippen LogP contribution in [0.25, 0.3) is 10.9 Å². The lowest BCUT2D eigenvalue weighted by molar-refractivity contribution is 0.922. The molecule has 0 saturated heterocycles. The Bertz CT molecular complexity index is 1060. The third-order valence-electron chi connectivity index (χ3n) is 4.46. The molecule has 0 bridgehead atoms. The molecular formula is C21H17Cl2N3. The fourth-order valence-electron chi connectivity index (χ4n) is 3.31. The molecule has 4 rings (SSSR count). The van der Waals surface area contributed by atoms with Crippen LogP contribution in [0, 0.1) is 6.92 Å². The largest absolute Gasteiger partial charge is 0.359 e. The number of halogens is 2. The van der Waals surface area contributed by atoms with Gasteiger partial charge in [-0.1, -0.05) is 53.5 Å². The van der Waals surface area contributed by atoms with Crippen molar-refractivity contribution in [2.75, 3.05) is 5.32 Å². The van der Waals surface area contributed by atoms with Crippen LogP contribution in [0.5, 0.6) is 0 Å². The number of hydrogen-bond donors (Lipinski definition) is 2. The summed E-state index contributed by atoms with van der Waals surface area (Å²) in [6, 6.07) is 19.5. The molecule has 0 aliphatic rings. The fourth-order valence-corrected chi connectivity index (χ4v) is 3.82. The molecule has 2 aromatic carbocycles. The lowest BCUT2D eigenvalue weighted by atomic mass is 9.96. The van der Waals surface area contributed by atoms with Gasteiger partial charge in [-0.05, 0) is 42.8 Å². The molecule has 0 amide bonds. The van der Waals surface area contributed by atoms with Gasteiger partial charge in [0.05, 0.1) is 6.04 Å². The maximum atomic E-state index is 6.56. The summed E-state index contributed by atoms with van der Waals surface area (Å²) in [6.07, 6.45) is 1.77. The van der Waals surface area contributed by atoms with Crippen LogP contribution in [-0.2, 0) is 0 Å². The van der Waals surface area contributed by atoms with Gasteiger partial charge in [-0.3, -0.25) is 0 Å². The highest BCUT2D eigenvalue weighted by molar-refractivity contribution is 6.35. The molecule has 0 aliphatic carbocycles. The van der Waals surface area contributed by atoms with Crippen molar-refractivity contribution in [1.29, 1.82) is 0 Å². The van der Waals surface area contributed by atoms with E-state index in [9.17, 15) is 0 Å². The zero-order valence-corrected chi connectivity index (χ0v) is 15.6. The van der Waals surface area contributed by atoms with Crippen LogP contribution in [0.1, 0.15) is 22.9 Å². The Labute approximate surface area is 162 Å². The molecule has 0 saturated carbocycles. The first-order valence-electron chi connectivity index (χ1n) is 8.33. The minimum Gasteiger partial charge on any atom is -0.359 e. The van der Waals surface area contributed by atoms with Crippen molar-refractivity contribution >= 4 is 39.9 Å². The summed E-state index contributed by atoms with van der Waals surface area (Å²) >= 11 is 12.7. The number of pyridine rings is 1. The summed E-state index contributed by atoms with van der Waals surface area (Å²) < 4.78 is 0. The first-order chi connectivity index (χ1) is 12.6. The number of para-hydroxylation sites is 1. The lowest BCUT2D eigenvalue weighted by Gasteiger charge is -2.22. The first-order valence-corrected chi connectivity index (χ1v) is 9.09. The van der Waals surface area contributed by atoms with Crippen LogP contribution in [0.4, 0.5) is 5.82 Å². The van der Waals surface area contributed by atoms with Crippen LogP contribution in [0.3, 0.4) is 0 Å². The lowest BCUT2D eigenvalue weighted by Crippen LogP contribution is -2.14. The minimum absolute atomic E-state index is 0.161. The molecule has 2 aromatic heterocycles. The molecule has 0 spiro atoms. The highest BCUT2D eigenvalue weighted by atomic mass is 35.5. The Balaban J connectivity index is 1.91. The van der Waals surface area contributed by atoms with Crippen molar-refractivity contribution in [3.8, 4) is 0 Å². The molecule has 0 aliphatic heterocycles. The molecule has 2 heterocycles. The maximum absolute atomic E-state index is 6.56. The monoisotopic (exact) mass is 381 g/mol. The predicted octanol–water partition coefficient (Wildman–Crippen LogP) is 6.38. The van der Waals surface area contributed by atoms with Gasteiger partial charge in [-0.15, -0.1) is 0 Å². The zero-order valence-electron chi connectivity index (χ0n) is 14.1. The molecule has 5 heteroatoms. The van der Waals surface area contributed by atoms with Crippen LogP contribution < -0.4 is 5.32 Å². The van der Waals surface area contributed by atoms with E-state index in [0.29, 0.717) is 10.0 Å². The second-order valence-electron chi connectivity index (χ2n) is 6.17. The van der Waals surface area contributed by atoms with E-state index in [0.717, 1.165) is 33.5 Å². The molecule has 0 radical (unpaired) electrons. The van der Waals surface area contributed by atoms with Crippen molar-refractivity contribution < 1.29 is 0 Å². The Morgan fingerprint density at radius 1 is 1.00 bits per heavy atom. The Morgan fingerprint density at radius 2 is 1.81 bits per heavy atom. The number of aromatic nitrogens is 2. The highest BCUT2D eigenvalue weighted by Crippen LogP contribution is 2.37. The number of fused-ring (bicyclic) bond motifs is 1. The number of H-pyrrole nitrogens is 1. The van der Waals surface area contributed by atoms with Gasteiger partial charge in [0.25, 0.3) is 0 Å². The van der Waals surface area contributed by atoms with E-state index in [4.69, 9.17) is 23.2 Å². The third kappa shape index (κ3) is 3.16. The van der Waals surface area contributed by atoms with Crippen molar-refractivity contribution in [3.63, 3.8) is 0 Å². The first kappa shape index (κ1) is 17.0. The number of aromatic amines is 1. The summed E-state index contributed by atoms with van der Waals surface area (Å²) in [5, 5.41) is 5.93. The maximum Gasteiger partial charge on any atom is 0.126 e. The van der Waals surface area contributed by atoms with Gasteiger partial charge in [0.1, 0.15) is 5.82 Å². The van der Waals surface area contributed by atoms with Gasteiger partial charge in [0, 0.05) is 38.4 Å². The number of aryl methyl sites for hydroxylation is 1. The standard InChI is InChI=1S/C21H17Cl2N3/c1-13-20(16-6-2-3-7-18(16)25-13)21(26-19-8-4-5-11-24-19)15-10-9-14(22)12-17(15)23/h2-12,21,25H,1H3,(H,24,26)/t21-/m0/s1. The molecule has 0 unspecified atom stereocenters. The summed E-state index contributed by atoms with van der Waals surface area (Å²) in [7, 11) is 0. The van der Waals surface area contributed by atoms with Gasteiger partial charge < -0.3 is 10.3 Å². The van der Waals surface area contributed by atoms with E-state index in [2.05, 4.69) is 34.3 Å². The summed E-state index contributed by atoms with van der Waals surface area (Å²) in [4.78, 5) is 7.88. The smallest absolute Gasteiger partial charge is 0.126 e. The summed E-state index contributed by atoms with van der Waals surface area (Å²) in [5.74, 6) is 0.785. The van der Waals surface area contributed by atoms with Crippen LogP contribution in [0.15, 0.2) is 66.9 Å². The minimum atomic E-state index is -0.161. The number of hydrogen-bond acceptors (Lipinski definition) is 2. The van der Waals surface area contributed by atoms with Crippen molar-refractivity contribution in [2.45, 2.75) is 13.0 Å². The Morgan fingerprint density at radius 3 is 2.58 bits per heavy atom. The van der Waals surface area contributed by atoms with Crippen molar-refractivity contribution in [1.82, 2.24) is 9.97 Å². The Hall–Kier alpha value is -2.49. The molecule has 3 nitrogen and oxygen atoms in total. The molecule has 0 fully saturated rings. The van der Waals surface area contributed by atoms with Crippen molar-refractivity contribution in [2.24, 2.45) is 0 Å². The third-order valence-corrected chi connectivity index (χ3v) is 5.03. The molecular weight excluding hydrogens is 365 g/mol. The van der Waals surface area contributed by atoms with E-state index in [1.54, 1.807) is 12.3 Å². The van der Waals surface area contributed by atoms with E-state index in [1.165, 1.54) is 0 Å². The normalized spacial score (nSPS) is 12.3. The molecule has 2 N–H and O–H groups in total. The second-order valence-corrected chi connectivity index (χ2v) is 7.01. The number of rotatable bonds is 4. The molecule has 26 heavy (non-hydrogen) atoms. The second kappa shape index (κ2) is 7.02.